The fourth-order valence-corrected chi connectivity index (χ4v) is 3.33. The van der Waals surface area contributed by atoms with Gasteiger partial charge in [0.05, 0.1) is 13.2 Å². The van der Waals surface area contributed by atoms with Crippen LogP contribution in [0.3, 0.4) is 0 Å². The van der Waals surface area contributed by atoms with Crippen LogP contribution in [0.25, 0.3) is 11.5 Å². The molecule has 3 aromatic rings. The summed E-state index contributed by atoms with van der Waals surface area (Å²) in [6, 6.07) is 15.2. The van der Waals surface area contributed by atoms with Crippen molar-refractivity contribution >= 4 is 21.8 Å². The van der Waals surface area contributed by atoms with Crippen molar-refractivity contribution in [3.05, 3.63) is 70.0 Å². The summed E-state index contributed by atoms with van der Waals surface area (Å²) >= 11 is 3.44. The number of hydrogen-bond acceptors (Lipinski definition) is 5. The van der Waals surface area contributed by atoms with E-state index >= 15 is 0 Å². The Morgan fingerprint density at radius 1 is 1.15 bits per heavy atom. The number of aryl methyl sites for hydroxylation is 1. The maximum Gasteiger partial charge on any atom is 0.257 e. The lowest BCUT2D eigenvalue weighted by Gasteiger charge is -2.33. The number of hydrogen-bond donors (Lipinski definition) is 0. The molecule has 1 saturated heterocycles. The van der Waals surface area contributed by atoms with E-state index in [2.05, 4.69) is 26.1 Å². The molecule has 2 aromatic carbocycles. The van der Waals surface area contributed by atoms with E-state index in [0.717, 1.165) is 15.6 Å². The molecule has 1 aromatic heterocycles. The third-order valence-corrected chi connectivity index (χ3v) is 5.03. The zero-order valence-corrected chi connectivity index (χ0v) is 16.3. The molecule has 0 spiro atoms. The van der Waals surface area contributed by atoms with Gasteiger partial charge in [0.15, 0.2) is 5.82 Å². The van der Waals surface area contributed by atoms with Crippen LogP contribution in [0.4, 0.5) is 0 Å². The Balaban J connectivity index is 1.47. The van der Waals surface area contributed by atoms with Crippen LogP contribution in [0.1, 0.15) is 27.8 Å². The molecule has 7 heteroatoms. The van der Waals surface area contributed by atoms with E-state index in [-0.39, 0.29) is 12.0 Å². The molecule has 1 unspecified atom stereocenters. The van der Waals surface area contributed by atoms with Crippen LogP contribution >= 0.6 is 15.9 Å². The molecule has 0 radical (unpaired) electrons. The Bertz CT molecular complexity index is 938. The van der Waals surface area contributed by atoms with Crippen LogP contribution in [0.2, 0.25) is 0 Å². The monoisotopic (exact) mass is 427 g/mol. The lowest BCUT2D eigenvalue weighted by molar-refractivity contribution is -0.0228. The van der Waals surface area contributed by atoms with Crippen LogP contribution < -0.4 is 0 Å². The van der Waals surface area contributed by atoms with Gasteiger partial charge in [0.2, 0.25) is 0 Å². The molecular weight excluding hydrogens is 410 g/mol. The van der Waals surface area contributed by atoms with Crippen molar-refractivity contribution in [1.29, 1.82) is 0 Å². The van der Waals surface area contributed by atoms with E-state index in [1.807, 2.05) is 41.3 Å². The van der Waals surface area contributed by atoms with E-state index in [1.165, 1.54) is 0 Å². The molecule has 1 aliphatic heterocycles. The van der Waals surface area contributed by atoms with E-state index in [0.29, 0.717) is 37.0 Å². The van der Waals surface area contributed by atoms with Gasteiger partial charge in [-0.3, -0.25) is 4.79 Å². The van der Waals surface area contributed by atoms with Crippen molar-refractivity contribution in [2.45, 2.75) is 13.0 Å². The number of aromatic nitrogens is 2. The van der Waals surface area contributed by atoms with Gasteiger partial charge in [0, 0.05) is 22.1 Å². The molecule has 1 fully saturated rings. The summed E-state index contributed by atoms with van der Waals surface area (Å²) in [5, 5.41) is 3.79. The second-order valence-electron chi connectivity index (χ2n) is 6.39. The van der Waals surface area contributed by atoms with Crippen molar-refractivity contribution in [3.63, 3.8) is 0 Å². The first-order valence-corrected chi connectivity index (χ1v) is 9.46. The maximum absolute atomic E-state index is 12.9. The predicted molar refractivity (Wildman–Crippen MR) is 103 cm³/mol. The second kappa shape index (κ2) is 7.62. The summed E-state index contributed by atoms with van der Waals surface area (Å²) in [6.45, 7) is 3.40. The van der Waals surface area contributed by atoms with Crippen LogP contribution in [-0.2, 0) is 4.74 Å². The molecule has 0 N–H and O–H groups in total. The first kappa shape index (κ1) is 17.9. The Hall–Kier alpha value is -2.51. The number of rotatable bonds is 3. The normalized spacial score (nSPS) is 17.1. The highest BCUT2D eigenvalue weighted by Crippen LogP contribution is 2.25. The lowest BCUT2D eigenvalue weighted by Crippen LogP contribution is -2.42. The molecule has 0 aliphatic carbocycles. The van der Waals surface area contributed by atoms with E-state index in [9.17, 15) is 4.79 Å². The fourth-order valence-electron chi connectivity index (χ4n) is 3.07. The third-order valence-electron chi connectivity index (χ3n) is 4.50. The highest BCUT2D eigenvalue weighted by atomic mass is 79.9. The molecule has 2 heterocycles. The zero-order chi connectivity index (χ0) is 18.8. The molecule has 1 amide bonds. The number of halogens is 1. The van der Waals surface area contributed by atoms with Gasteiger partial charge in [-0.05, 0) is 48.9 Å². The van der Waals surface area contributed by atoms with Gasteiger partial charge in [0.1, 0.15) is 6.10 Å². The molecule has 0 bridgehead atoms. The largest absolute Gasteiger partial charge is 0.370 e. The Morgan fingerprint density at radius 3 is 2.56 bits per heavy atom. The third kappa shape index (κ3) is 3.94. The number of morpholine rings is 1. The van der Waals surface area contributed by atoms with Crippen molar-refractivity contribution in [2.75, 3.05) is 19.7 Å². The smallest absolute Gasteiger partial charge is 0.257 e. The Kier molecular flexibility index (Phi) is 5.05. The molecule has 1 atom stereocenters. The van der Waals surface area contributed by atoms with Gasteiger partial charge in [0.25, 0.3) is 11.8 Å². The summed E-state index contributed by atoms with van der Waals surface area (Å²) in [5.41, 5.74) is 2.49. The molecule has 6 nitrogen and oxygen atoms in total. The van der Waals surface area contributed by atoms with Crippen molar-refractivity contribution in [2.24, 2.45) is 0 Å². The summed E-state index contributed by atoms with van der Waals surface area (Å²) < 4.78 is 12.0. The van der Waals surface area contributed by atoms with E-state index < -0.39 is 0 Å². The predicted octanol–water partition coefficient (Wildman–Crippen LogP) is 4.02. The number of ether oxygens (including phenoxy) is 1. The van der Waals surface area contributed by atoms with Gasteiger partial charge in [-0.15, -0.1) is 0 Å². The summed E-state index contributed by atoms with van der Waals surface area (Å²) in [7, 11) is 0. The molecule has 1 aliphatic rings. The molecule has 4 rings (SSSR count). The zero-order valence-electron chi connectivity index (χ0n) is 14.8. The topological polar surface area (TPSA) is 68.5 Å². The number of amides is 1. The fraction of sp³-hybridized carbons (Fsp3) is 0.250. The SMILES string of the molecule is Cc1noc(-c2ccc(C(=O)N3CCOC(c4ccc(Br)cc4)C3)cc2)n1. The van der Waals surface area contributed by atoms with Gasteiger partial charge in [-0.1, -0.05) is 33.2 Å². The van der Waals surface area contributed by atoms with Crippen LogP contribution in [0.5, 0.6) is 0 Å². The first-order valence-electron chi connectivity index (χ1n) is 8.67. The number of benzene rings is 2. The van der Waals surface area contributed by atoms with Gasteiger partial charge >= 0.3 is 0 Å². The standard InChI is InChI=1S/C20H18BrN3O3/c1-13-22-19(27-23-13)15-2-4-16(5-3-15)20(25)24-10-11-26-18(12-24)14-6-8-17(21)9-7-14/h2-9,18H,10-12H2,1H3. The number of nitrogens with zero attached hydrogens (tertiary/aromatic N) is 3. The van der Waals surface area contributed by atoms with Gasteiger partial charge < -0.3 is 14.2 Å². The average molecular weight is 428 g/mol. The maximum atomic E-state index is 12.9. The van der Waals surface area contributed by atoms with Crippen LogP contribution in [0, 0.1) is 6.92 Å². The molecule has 27 heavy (non-hydrogen) atoms. The quantitative estimate of drug-likeness (QED) is 0.631. The van der Waals surface area contributed by atoms with Crippen LogP contribution in [0.15, 0.2) is 57.5 Å². The van der Waals surface area contributed by atoms with Gasteiger partial charge in [-0.2, -0.15) is 4.98 Å². The lowest BCUT2D eigenvalue weighted by atomic mass is 10.1. The van der Waals surface area contributed by atoms with Crippen molar-refractivity contribution < 1.29 is 14.1 Å². The minimum Gasteiger partial charge on any atom is -0.370 e. The minimum atomic E-state index is -0.114. The Morgan fingerprint density at radius 2 is 1.89 bits per heavy atom. The highest BCUT2D eigenvalue weighted by molar-refractivity contribution is 9.10. The second-order valence-corrected chi connectivity index (χ2v) is 7.30. The number of carbonyl (C=O) groups excluding carboxylic acids is 1. The number of carbonyl (C=O) groups is 1. The molecular formula is C20H18BrN3O3. The molecule has 138 valence electrons. The Labute approximate surface area is 165 Å². The molecule has 0 saturated carbocycles. The van der Waals surface area contributed by atoms with Gasteiger partial charge in [-0.25, -0.2) is 0 Å². The first-order chi connectivity index (χ1) is 13.1. The van der Waals surface area contributed by atoms with E-state index in [1.54, 1.807) is 19.1 Å². The summed E-state index contributed by atoms with van der Waals surface area (Å²) in [5.74, 6) is 1.03. The average Bonchev–Trinajstić information content (AvgIpc) is 3.14. The van der Waals surface area contributed by atoms with Crippen molar-refractivity contribution in [1.82, 2.24) is 15.0 Å². The summed E-state index contributed by atoms with van der Waals surface area (Å²) in [4.78, 5) is 18.9. The highest BCUT2D eigenvalue weighted by Gasteiger charge is 2.26. The minimum absolute atomic E-state index is 0.00586. The van der Waals surface area contributed by atoms with Crippen LogP contribution in [-0.4, -0.2) is 40.6 Å². The van der Waals surface area contributed by atoms with Crippen molar-refractivity contribution in [3.8, 4) is 11.5 Å². The summed E-state index contributed by atoms with van der Waals surface area (Å²) in [6.07, 6.45) is -0.114. The van der Waals surface area contributed by atoms with E-state index in [4.69, 9.17) is 9.26 Å².